The van der Waals surface area contributed by atoms with E-state index in [1.165, 1.54) is 25.7 Å². The van der Waals surface area contributed by atoms with Gasteiger partial charge in [-0.25, -0.2) is 0 Å². The molecule has 0 heterocycles. The fourth-order valence-corrected chi connectivity index (χ4v) is 2.88. The van der Waals surface area contributed by atoms with Gasteiger partial charge in [0.1, 0.15) is 0 Å². The first-order valence-electron chi connectivity index (χ1n) is 8.12. The number of nitrogens with one attached hydrogen (secondary N) is 1. The summed E-state index contributed by atoms with van der Waals surface area (Å²) in [6, 6.07) is 2.11. The first kappa shape index (κ1) is 16.9. The number of rotatable bonds is 11. The van der Waals surface area contributed by atoms with Gasteiger partial charge in [-0.05, 0) is 31.6 Å². The molecule has 0 amide bonds. The third kappa shape index (κ3) is 5.80. The Balaban J connectivity index is 2.62. The summed E-state index contributed by atoms with van der Waals surface area (Å²) in [7, 11) is 1.80. The van der Waals surface area contributed by atoms with Crippen LogP contribution in [0.5, 0.6) is 0 Å². The van der Waals surface area contributed by atoms with Crippen LogP contribution in [-0.2, 0) is 4.74 Å². The van der Waals surface area contributed by atoms with Gasteiger partial charge in [0.25, 0.3) is 0 Å². The summed E-state index contributed by atoms with van der Waals surface area (Å²) in [4.78, 5) is 2.68. The van der Waals surface area contributed by atoms with Crippen molar-refractivity contribution in [3.05, 3.63) is 0 Å². The molecule has 0 spiro atoms. The Labute approximate surface area is 120 Å². The van der Waals surface area contributed by atoms with E-state index in [0.717, 1.165) is 25.7 Å². The van der Waals surface area contributed by atoms with Gasteiger partial charge in [-0.15, -0.1) is 0 Å². The van der Waals surface area contributed by atoms with Gasteiger partial charge in [0.15, 0.2) is 0 Å². The van der Waals surface area contributed by atoms with E-state index >= 15 is 0 Å². The Bertz CT molecular complexity index is 225. The molecule has 1 rings (SSSR count). The first-order valence-corrected chi connectivity index (χ1v) is 8.12. The highest BCUT2D eigenvalue weighted by Crippen LogP contribution is 2.22. The van der Waals surface area contributed by atoms with Gasteiger partial charge in [-0.1, -0.05) is 27.7 Å². The molecule has 0 aromatic heterocycles. The van der Waals surface area contributed by atoms with Crippen molar-refractivity contribution < 1.29 is 4.74 Å². The summed E-state index contributed by atoms with van der Waals surface area (Å²) < 4.78 is 5.32. The minimum Gasteiger partial charge on any atom is -0.383 e. The number of hydrogen-bond acceptors (Lipinski definition) is 3. The van der Waals surface area contributed by atoms with Crippen LogP contribution in [0.25, 0.3) is 0 Å². The second-order valence-electron chi connectivity index (χ2n) is 6.19. The Morgan fingerprint density at radius 3 is 2.26 bits per heavy atom. The maximum absolute atomic E-state index is 5.32. The summed E-state index contributed by atoms with van der Waals surface area (Å²) in [6.07, 6.45) is 5.20. The van der Waals surface area contributed by atoms with Crippen molar-refractivity contribution in [2.75, 3.05) is 26.8 Å². The summed E-state index contributed by atoms with van der Waals surface area (Å²) in [5, 5.41) is 3.72. The van der Waals surface area contributed by atoms with Crippen molar-refractivity contribution in [2.45, 2.75) is 71.5 Å². The van der Waals surface area contributed by atoms with Crippen molar-refractivity contribution in [3.63, 3.8) is 0 Å². The van der Waals surface area contributed by atoms with Crippen molar-refractivity contribution in [3.8, 4) is 0 Å². The summed E-state index contributed by atoms with van der Waals surface area (Å²) >= 11 is 0. The van der Waals surface area contributed by atoms with Crippen molar-refractivity contribution in [2.24, 2.45) is 5.92 Å². The molecule has 0 radical (unpaired) electrons. The Kier molecular flexibility index (Phi) is 7.96. The second-order valence-corrected chi connectivity index (χ2v) is 6.19. The molecular formula is C16H34N2O. The Hall–Kier alpha value is -0.120. The molecule has 114 valence electrons. The highest BCUT2D eigenvalue weighted by Gasteiger charge is 2.29. The summed E-state index contributed by atoms with van der Waals surface area (Å²) in [5.41, 5.74) is 0. The van der Waals surface area contributed by atoms with Gasteiger partial charge in [0, 0.05) is 38.3 Å². The summed E-state index contributed by atoms with van der Waals surface area (Å²) in [6.45, 7) is 12.3. The average Bonchev–Trinajstić information content (AvgIpc) is 3.20. The van der Waals surface area contributed by atoms with Crippen molar-refractivity contribution in [1.82, 2.24) is 10.2 Å². The van der Waals surface area contributed by atoms with Crippen LogP contribution in [0, 0.1) is 5.92 Å². The smallest absolute Gasteiger partial charge is 0.0589 e. The molecule has 19 heavy (non-hydrogen) atoms. The normalized spacial score (nSPS) is 17.7. The van der Waals surface area contributed by atoms with Gasteiger partial charge in [0.05, 0.1) is 6.61 Å². The monoisotopic (exact) mass is 270 g/mol. The zero-order valence-electron chi connectivity index (χ0n) is 13.6. The third-order valence-electron chi connectivity index (χ3n) is 4.35. The molecule has 1 atom stereocenters. The van der Waals surface area contributed by atoms with E-state index in [1.807, 2.05) is 0 Å². The number of methoxy groups -OCH3 is 1. The number of hydrogen-bond donors (Lipinski definition) is 1. The number of ether oxygens (including phenoxy) is 1. The molecule has 0 saturated heterocycles. The zero-order valence-corrected chi connectivity index (χ0v) is 13.6. The number of nitrogens with zero attached hydrogens (tertiary/aromatic N) is 1. The van der Waals surface area contributed by atoms with Crippen molar-refractivity contribution >= 4 is 0 Å². The molecule has 1 fully saturated rings. The topological polar surface area (TPSA) is 24.5 Å². The molecule has 3 heteroatoms. The molecule has 0 aliphatic heterocycles. The minimum atomic E-state index is 0.626. The lowest BCUT2D eigenvalue weighted by atomic mass is 9.98. The van der Waals surface area contributed by atoms with Crippen LogP contribution < -0.4 is 5.32 Å². The molecule has 1 unspecified atom stereocenters. The van der Waals surface area contributed by atoms with E-state index in [1.54, 1.807) is 7.11 Å². The second kappa shape index (κ2) is 8.93. The maximum atomic E-state index is 5.32. The molecular weight excluding hydrogens is 236 g/mol. The Morgan fingerprint density at radius 1 is 1.21 bits per heavy atom. The fourth-order valence-electron chi connectivity index (χ4n) is 2.88. The molecule has 1 saturated carbocycles. The van der Waals surface area contributed by atoms with Crippen LogP contribution in [0.3, 0.4) is 0 Å². The predicted octanol–water partition coefficient (Wildman–Crippen LogP) is 2.90. The third-order valence-corrected chi connectivity index (χ3v) is 4.35. The highest BCUT2D eigenvalue weighted by molar-refractivity contribution is 4.87. The lowest BCUT2D eigenvalue weighted by molar-refractivity contribution is 0.0596. The van der Waals surface area contributed by atoms with E-state index in [2.05, 4.69) is 37.9 Å². The molecule has 1 N–H and O–H groups in total. The molecule has 1 aliphatic carbocycles. The van der Waals surface area contributed by atoms with Crippen LogP contribution in [-0.4, -0.2) is 49.8 Å². The maximum Gasteiger partial charge on any atom is 0.0589 e. The average molecular weight is 270 g/mol. The molecule has 3 nitrogen and oxygen atoms in total. The molecule has 1 aliphatic rings. The molecule has 0 aromatic rings. The lowest BCUT2D eigenvalue weighted by Crippen LogP contribution is -2.51. The van der Waals surface area contributed by atoms with E-state index in [4.69, 9.17) is 4.74 Å². The Morgan fingerprint density at radius 2 is 1.84 bits per heavy atom. The van der Waals surface area contributed by atoms with E-state index in [-0.39, 0.29) is 0 Å². The minimum absolute atomic E-state index is 0.626. The van der Waals surface area contributed by atoms with Crippen LogP contribution in [0.15, 0.2) is 0 Å². The van der Waals surface area contributed by atoms with Gasteiger partial charge in [-0.3, -0.25) is 4.90 Å². The SMILES string of the molecule is CCC(CC)N(CCOC)C(CNC1CC1)C(C)C. The van der Waals surface area contributed by atoms with Gasteiger partial charge in [0.2, 0.25) is 0 Å². The van der Waals surface area contributed by atoms with Crippen LogP contribution in [0.1, 0.15) is 53.4 Å². The fraction of sp³-hybridized carbons (Fsp3) is 1.00. The first-order chi connectivity index (χ1) is 9.13. The quantitative estimate of drug-likeness (QED) is 0.625. The van der Waals surface area contributed by atoms with E-state index in [0.29, 0.717) is 18.0 Å². The largest absolute Gasteiger partial charge is 0.383 e. The molecule has 0 bridgehead atoms. The highest BCUT2D eigenvalue weighted by atomic mass is 16.5. The predicted molar refractivity (Wildman–Crippen MR) is 82.6 cm³/mol. The zero-order chi connectivity index (χ0) is 14.3. The van der Waals surface area contributed by atoms with Gasteiger partial charge in [-0.2, -0.15) is 0 Å². The van der Waals surface area contributed by atoms with Crippen LogP contribution in [0.4, 0.5) is 0 Å². The van der Waals surface area contributed by atoms with Crippen molar-refractivity contribution in [1.29, 1.82) is 0 Å². The van der Waals surface area contributed by atoms with Gasteiger partial charge >= 0.3 is 0 Å². The van der Waals surface area contributed by atoms with E-state index < -0.39 is 0 Å². The van der Waals surface area contributed by atoms with Crippen LogP contribution >= 0.6 is 0 Å². The molecule has 0 aromatic carbocycles. The summed E-state index contributed by atoms with van der Waals surface area (Å²) in [5.74, 6) is 0.684. The lowest BCUT2D eigenvalue weighted by Gasteiger charge is -2.40. The van der Waals surface area contributed by atoms with Crippen LogP contribution in [0.2, 0.25) is 0 Å². The standard InChI is InChI=1S/C16H34N2O/c1-6-15(7-2)18(10-11-19-5)16(13(3)4)12-17-14-8-9-14/h13-17H,6-12H2,1-5H3. The van der Waals surface area contributed by atoms with Gasteiger partial charge < -0.3 is 10.1 Å². The van der Waals surface area contributed by atoms with E-state index in [9.17, 15) is 0 Å².